The lowest BCUT2D eigenvalue weighted by atomic mass is 10.2. The van der Waals surface area contributed by atoms with E-state index >= 15 is 0 Å². The fourth-order valence-electron chi connectivity index (χ4n) is 0.581. The van der Waals surface area contributed by atoms with E-state index in [0.717, 1.165) is 0 Å². The monoisotopic (exact) mass is 200 g/mol. The number of carboxylic acid groups (broad SMARTS) is 1. The molecule has 1 aromatic carbocycles. The van der Waals surface area contributed by atoms with Crippen LogP contribution in [0.5, 0.6) is 0 Å². The van der Waals surface area contributed by atoms with E-state index in [1.54, 1.807) is 30.3 Å². The Hall–Kier alpha value is -1.69. The molecule has 6 heteroatoms. The second-order valence-electron chi connectivity index (χ2n) is 1.95. The van der Waals surface area contributed by atoms with Crippen LogP contribution in [0.3, 0.4) is 0 Å². The maximum Gasteiger partial charge on any atom is 0.761 e. The molecule has 0 aromatic heterocycles. The first-order chi connectivity index (χ1) is 6.04. The summed E-state index contributed by atoms with van der Waals surface area (Å²) in [5, 5.41) is 8.38. The topological polar surface area (TPSA) is 94.8 Å². The highest BCUT2D eigenvalue weighted by Crippen LogP contribution is 1.96. The van der Waals surface area contributed by atoms with Crippen LogP contribution in [0, 0.1) is 0 Å². The summed E-state index contributed by atoms with van der Waals surface area (Å²) < 4.78 is 8.74. The van der Waals surface area contributed by atoms with E-state index < -0.39 is 15.1 Å². The van der Waals surface area contributed by atoms with Crippen LogP contribution >= 0.6 is 0 Å². The van der Waals surface area contributed by atoms with Gasteiger partial charge in [-0.2, -0.15) is 0 Å². The van der Waals surface area contributed by atoms with Crippen molar-refractivity contribution in [2.45, 2.75) is 0 Å². The largest absolute Gasteiger partial charge is 0.761 e. The lowest BCUT2D eigenvalue weighted by Gasteiger charge is -1.88. The molecule has 13 heavy (non-hydrogen) atoms. The summed E-state index contributed by atoms with van der Waals surface area (Å²) in [6, 6.07) is 8.30. The molecule has 70 valence electrons. The molecule has 0 aliphatic heterocycles. The lowest BCUT2D eigenvalue weighted by Crippen LogP contribution is -1.93. The third kappa shape index (κ3) is 6.69. The van der Waals surface area contributed by atoms with Crippen molar-refractivity contribution in [3.8, 4) is 0 Å². The molecule has 3 N–H and O–H groups in total. The van der Waals surface area contributed by atoms with Crippen molar-refractivity contribution in [3.05, 3.63) is 35.9 Å². The minimum Gasteiger partial charge on any atom is -0.511 e. The maximum atomic E-state index is 10.2. The number of benzene rings is 1. The average Bonchev–Trinajstić information content (AvgIpc) is 2.05. The Morgan fingerprint density at radius 1 is 1.15 bits per heavy atom. The Bertz CT molecular complexity index is 280. The van der Waals surface area contributed by atoms with E-state index in [4.69, 9.17) is 19.2 Å². The highest BCUT2D eigenvalue weighted by Gasteiger charge is 1.96. The van der Waals surface area contributed by atoms with Crippen LogP contribution in [0.2, 0.25) is 0 Å². The number of hydrogen-bond donors (Lipinski definition) is 3. The van der Waals surface area contributed by atoms with Crippen molar-refractivity contribution >= 4 is 15.1 Å². The number of aromatic carboxylic acids is 1. The van der Waals surface area contributed by atoms with Crippen LogP contribution in [0.15, 0.2) is 30.3 Å². The van der Waals surface area contributed by atoms with Crippen LogP contribution in [-0.2, 0) is 4.46 Å². The predicted molar refractivity (Wildman–Crippen MR) is 44.3 cm³/mol. The average molecular weight is 200 g/mol. The molecule has 0 aliphatic carbocycles. The van der Waals surface area contributed by atoms with Gasteiger partial charge in [-0.25, -0.2) is 4.79 Å². The molecule has 0 unspecified atom stereocenters. The summed E-state index contributed by atoms with van der Waals surface area (Å²) in [5.74, 6) is -0.879. The number of rotatable bonds is 1. The van der Waals surface area contributed by atoms with Gasteiger partial charge < -0.3 is 14.7 Å². The summed E-state index contributed by atoms with van der Waals surface area (Å²) in [5.41, 5.74) is 0.331. The first-order valence-electron chi connectivity index (χ1n) is 3.24. The third-order valence-electron chi connectivity index (χ3n) is 1.02. The van der Waals surface area contributed by atoms with Gasteiger partial charge in [0.1, 0.15) is 0 Å². The minimum atomic E-state index is -3.13. The zero-order valence-corrected chi connectivity index (χ0v) is 7.54. The van der Waals surface area contributed by atoms with E-state index in [9.17, 15) is 4.79 Å². The predicted octanol–water partition coefficient (Wildman–Crippen LogP) is -0.229. The second-order valence-corrected chi connectivity index (χ2v) is 2.52. The molecule has 5 nitrogen and oxygen atoms in total. The summed E-state index contributed by atoms with van der Waals surface area (Å²) in [6.07, 6.45) is 0. The molecule has 0 atom stereocenters. The SMILES string of the molecule is O=C(O)c1ccccc1.O=[Si](O)O. The van der Waals surface area contributed by atoms with Crippen molar-refractivity contribution in [2.75, 3.05) is 0 Å². The molecule has 0 fully saturated rings. The Kier molecular flexibility index (Phi) is 5.13. The van der Waals surface area contributed by atoms with Gasteiger partial charge in [-0.1, -0.05) is 18.2 Å². The van der Waals surface area contributed by atoms with E-state index in [0.29, 0.717) is 5.56 Å². The van der Waals surface area contributed by atoms with Gasteiger partial charge >= 0.3 is 15.1 Å². The number of hydrogen-bond acceptors (Lipinski definition) is 2. The quantitative estimate of drug-likeness (QED) is 0.544. The zero-order valence-electron chi connectivity index (χ0n) is 6.54. The van der Waals surface area contributed by atoms with Crippen LogP contribution in [0.25, 0.3) is 0 Å². The van der Waals surface area contributed by atoms with Crippen molar-refractivity contribution < 1.29 is 24.0 Å². The highest BCUT2D eigenvalue weighted by molar-refractivity contribution is 6.22. The third-order valence-corrected chi connectivity index (χ3v) is 1.02. The van der Waals surface area contributed by atoms with Crippen LogP contribution in [0.1, 0.15) is 10.4 Å². The molecular formula is C7H8O5Si. The Morgan fingerprint density at radius 2 is 1.54 bits per heavy atom. The fraction of sp³-hybridized carbons (Fsp3) is 0. The molecule has 1 rings (SSSR count). The summed E-state index contributed by atoms with van der Waals surface area (Å²) in [4.78, 5) is 24.5. The highest BCUT2D eigenvalue weighted by atomic mass is 28.3. The molecule has 0 radical (unpaired) electrons. The van der Waals surface area contributed by atoms with Crippen LogP contribution < -0.4 is 0 Å². The molecule has 0 amide bonds. The Morgan fingerprint density at radius 3 is 1.77 bits per heavy atom. The number of carbonyl (C=O) groups is 1. The molecule has 0 spiro atoms. The Balaban J connectivity index is 0.000000310. The van der Waals surface area contributed by atoms with Crippen molar-refractivity contribution in [1.29, 1.82) is 0 Å². The fourth-order valence-corrected chi connectivity index (χ4v) is 0.581. The van der Waals surface area contributed by atoms with Crippen molar-refractivity contribution in [3.63, 3.8) is 0 Å². The molecule has 0 saturated carbocycles. The Labute approximate surface area is 75.8 Å². The van der Waals surface area contributed by atoms with E-state index in [1.807, 2.05) is 0 Å². The molecule has 0 heterocycles. The zero-order chi connectivity index (χ0) is 10.3. The minimum absolute atomic E-state index is 0.331. The maximum absolute atomic E-state index is 10.2. The van der Waals surface area contributed by atoms with Gasteiger partial charge in [0.15, 0.2) is 0 Å². The first-order valence-corrected chi connectivity index (χ1v) is 4.54. The van der Waals surface area contributed by atoms with Gasteiger partial charge in [0, 0.05) is 0 Å². The van der Waals surface area contributed by atoms with Crippen LogP contribution in [0.4, 0.5) is 0 Å². The smallest absolute Gasteiger partial charge is 0.511 e. The second kappa shape index (κ2) is 5.89. The molecule has 0 aliphatic rings. The molecular weight excluding hydrogens is 192 g/mol. The summed E-state index contributed by atoms with van der Waals surface area (Å²) in [6.45, 7) is 0. The van der Waals surface area contributed by atoms with E-state index in [-0.39, 0.29) is 0 Å². The van der Waals surface area contributed by atoms with Gasteiger partial charge in [0.05, 0.1) is 5.56 Å². The van der Waals surface area contributed by atoms with Crippen molar-refractivity contribution in [1.82, 2.24) is 0 Å². The van der Waals surface area contributed by atoms with E-state index in [1.165, 1.54) is 0 Å². The normalized spacial score (nSPS) is 8.00. The molecule has 0 saturated heterocycles. The van der Waals surface area contributed by atoms with Gasteiger partial charge in [-0.3, -0.25) is 4.46 Å². The first kappa shape index (κ1) is 11.3. The van der Waals surface area contributed by atoms with Gasteiger partial charge in [-0.05, 0) is 12.1 Å². The van der Waals surface area contributed by atoms with E-state index in [2.05, 4.69) is 0 Å². The van der Waals surface area contributed by atoms with Gasteiger partial charge in [0.2, 0.25) is 0 Å². The van der Waals surface area contributed by atoms with Crippen molar-refractivity contribution in [2.24, 2.45) is 0 Å². The summed E-state index contributed by atoms with van der Waals surface area (Å²) in [7, 11) is -3.13. The van der Waals surface area contributed by atoms with Gasteiger partial charge in [0.25, 0.3) is 0 Å². The van der Waals surface area contributed by atoms with Crippen LogP contribution in [-0.4, -0.2) is 29.8 Å². The molecule has 1 aromatic rings. The standard InChI is InChI=1S/C7H6O2.H2O3Si/c8-7(9)6-4-2-1-3-5-6;1-4(2)3/h1-5H,(H,8,9);1-2H. The van der Waals surface area contributed by atoms with Gasteiger partial charge in [-0.15, -0.1) is 0 Å². The molecule has 0 bridgehead atoms. The number of carboxylic acids is 1. The summed E-state index contributed by atoms with van der Waals surface area (Å²) >= 11 is 0. The lowest BCUT2D eigenvalue weighted by molar-refractivity contribution is 0.0697.